The number of piperidine rings is 1. The Kier molecular flexibility index (Phi) is 3.62. The zero-order valence-corrected chi connectivity index (χ0v) is 14.5. The molecule has 0 aromatic heterocycles. The Labute approximate surface area is 142 Å². The average Bonchev–Trinajstić information content (AvgIpc) is 2.61. The van der Waals surface area contributed by atoms with Gasteiger partial charge in [-0.1, -0.05) is 6.07 Å². The predicted octanol–water partition coefficient (Wildman–Crippen LogP) is 2.11. The fraction of sp³-hybridized carbons (Fsp3) is 0.632. The number of benzene rings is 1. The first-order valence-electron chi connectivity index (χ1n) is 8.70. The minimum Gasteiger partial charge on any atom is -0.504 e. The summed E-state index contributed by atoms with van der Waals surface area (Å²) in [5.74, 6) is 0.634. The van der Waals surface area contributed by atoms with E-state index in [0.717, 1.165) is 36.9 Å². The summed E-state index contributed by atoms with van der Waals surface area (Å²) in [5, 5.41) is 10.8. The average molecular weight is 331 g/mol. The van der Waals surface area contributed by atoms with Crippen molar-refractivity contribution in [2.24, 2.45) is 5.92 Å². The van der Waals surface area contributed by atoms with E-state index in [9.17, 15) is 9.90 Å². The van der Waals surface area contributed by atoms with Crippen molar-refractivity contribution < 1.29 is 19.4 Å². The molecule has 5 nitrogen and oxygen atoms in total. The van der Waals surface area contributed by atoms with Crippen molar-refractivity contribution in [2.75, 3.05) is 27.8 Å². The molecule has 4 rings (SSSR count). The van der Waals surface area contributed by atoms with Crippen molar-refractivity contribution in [2.45, 2.75) is 43.2 Å². The summed E-state index contributed by atoms with van der Waals surface area (Å²) in [5.41, 5.74) is 1.28. The van der Waals surface area contributed by atoms with Crippen LogP contribution in [0.5, 0.6) is 11.5 Å². The lowest BCUT2D eigenvalue weighted by Crippen LogP contribution is -2.62. The Balaban J connectivity index is 2.00. The highest BCUT2D eigenvalue weighted by Gasteiger charge is 2.60. The summed E-state index contributed by atoms with van der Waals surface area (Å²) < 4.78 is 11.4. The van der Waals surface area contributed by atoms with E-state index in [1.54, 1.807) is 20.3 Å². The van der Waals surface area contributed by atoms with Gasteiger partial charge in [0, 0.05) is 37.6 Å². The number of hydrogen-bond acceptors (Lipinski definition) is 5. The third-order valence-electron chi connectivity index (χ3n) is 6.61. The molecule has 2 aliphatic carbocycles. The molecule has 0 spiro atoms. The number of rotatable bonds is 2. The van der Waals surface area contributed by atoms with Crippen LogP contribution in [0, 0.1) is 5.92 Å². The summed E-state index contributed by atoms with van der Waals surface area (Å²) in [4.78, 5) is 15.4. The molecule has 4 bridgehead atoms. The number of fused-ring (bicyclic) bond motifs is 2. The fourth-order valence-corrected chi connectivity index (χ4v) is 5.44. The molecule has 1 saturated carbocycles. The molecule has 0 amide bonds. The number of likely N-dealkylation sites (tertiary alicyclic amines) is 1. The smallest absolute Gasteiger partial charge is 0.162 e. The van der Waals surface area contributed by atoms with Gasteiger partial charge in [0.2, 0.25) is 0 Å². The maximum atomic E-state index is 13.0. The van der Waals surface area contributed by atoms with Gasteiger partial charge in [-0.2, -0.15) is 0 Å². The predicted molar refractivity (Wildman–Crippen MR) is 89.6 cm³/mol. The summed E-state index contributed by atoms with van der Waals surface area (Å²) in [6.07, 6.45) is 3.07. The van der Waals surface area contributed by atoms with E-state index in [-0.39, 0.29) is 11.5 Å². The number of carbonyl (C=O) groups excluding carboxylic acids is 1. The van der Waals surface area contributed by atoms with Gasteiger partial charge in [0.25, 0.3) is 0 Å². The largest absolute Gasteiger partial charge is 0.504 e. The van der Waals surface area contributed by atoms with Gasteiger partial charge in [-0.25, -0.2) is 0 Å². The van der Waals surface area contributed by atoms with Crippen LogP contribution in [0.15, 0.2) is 12.1 Å². The topological polar surface area (TPSA) is 59.0 Å². The van der Waals surface area contributed by atoms with Crippen LogP contribution in [0.2, 0.25) is 0 Å². The molecule has 1 saturated heterocycles. The van der Waals surface area contributed by atoms with Crippen LogP contribution in [-0.2, 0) is 16.0 Å². The number of nitrogens with zero attached hydrogens (tertiary/aromatic N) is 1. The third kappa shape index (κ3) is 1.91. The lowest BCUT2D eigenvalue weighted by atomic mass is 9.61. The minimum atomic E-state index is -0.512. The van der Waals surface area contributed by atoms with Gasteiger partial charge >= 0.3 is 0 Å². The van der Waals surface area contributed by atoms with Gasteiger partial charge in [-0.15, -0.1) is 0 Å². The van der Waals surface area contributed by atoms with Gasteiger partial charge < -0.3 is 19.5 Å². The van der Waals surface area contributed by atoms with Gasteiger partial charge in [0.1, 0.15) is 5.78 Å². The molecular weight excluding hydrogens is 306 g/mol. The highest BCUT2D eigenvalue weighted by Crippen LogP contribution is 2.57. The fourth-order valence-electron chi connectivity index (χ4n) is 5.44. The molecule has 4 atom stereocenters. The monoisotopic (exact) mass is 331 g/mol. The van der Waals surface area contributed by atoms with Crippen LogP contribution >= 0.6 is 0 Å². The Hall–Kier alpha value is -1.59. The highest BCUT2D eigenvalue weighted by atomic mass is 16.5. The first-order valence-corrected chi connectivity index (χ1v) is 8.70. The molecular formula is C19H25NO4. The normalized spacial score (nSPS) is 35.3. The van der Waals surface area contributed by atoms with Crippen molar-refractivity contribution in [3.63, 3.8) is 0 Å². The molecule has 3 aliphatic rings. The summed E-state index contributed by atoms with van der Waals surface area (Å²) in [6.45, 7) is 0.907. The van der Waals surface area contributed by atoms with E-state index in [2.05, 4.69) is 11.9 Å². The quantitative estimate of drug-likeness (QED) is 0.899. The molecule has 1 aromatic carbocycles. The van der Waals surface area contributed by atoms with Crippen LogP contribution in [0.1, 0.15) is 36.3 Å². The van der Waals surface area contributed by atoms with E-state index < -0.39 is 11.5 Å². The number of likely N-dealkylation sites (N-methyl/N-ethyl adjacent to an activating group) is 1. The number of phenols is 1. The lowest BCUT2D eigenvalue weighted by molar-refractivity contribution is -0.163. The Bertz CT molecular complexity index is 688. The first kappa shape index (κ1) is 15.9. The van der Waals surface area contributed by atoms with E-state index >= 15 is 0 Å². The van der Waals surface area contributed by atoms with E-state index in [1.807, 2.05) is 6.07 Å². The molecule has 1 aromatic rings. The second kappa shape index (κ2) is 5.46. The molecule has 1 heterocycles. The molecule has 1 N–H and O–H groups in total. The van der Waals surface area contributed by atoms with Crippen molar-refractivity contribution in [3.05, 3.63) is 23.3 Å². The summed E-state index contributed by atoms with van der Waals surface area (Å²) in [6, 6.07) is 4.15. The Morgan fingerprint density at radius 1 is 1.33 bits per heavy atom. The summed E-state index contributed by atoms with van der Waals surface area (Å²) >= 11 is 0. The number of phenolic OH excluding ortho intramolecular Hbond substituents is 1. The maximum absolute atomic E-state index is 13.0. The second-order valence-corrected chi connectivity index (χ2v) is 7.39. The van der Waals surface area contributed by atoms with Crippen LogP contribution in [-0.4, -0.2) is 55.2 Å². The number of aromatic hydroxyl groups is 1. The van der Waals surface area contributed by atoms with E-state index in [0.29, 0.717) is 24.1 Å². The lowest BCUT2D eigenvalue weighted by Gasteiger charge is -2.54. The second-order valence-electron chi connectivity index (χ2n) is 7.39. The molecule has 2 fully saturated rings. The van der Waals surface area contributed by atoms with Crippen molar-refractivity contribution in [3.8, 4) is 11.5 Å². The van der Waals surface area contributed by atoms with Crippen molar-refractivity contribution in [1.82, 2.24) is 4.90 Å². The maximum Gasteiger partial charge on any atom is 0.162 e. The number of ketones is 1. The van der Waals surface area contributed by atoms with Gasteiger partial charge in [-0.3, -0.25) is 4.79 Å². The first-order chi connectivity index (χ1) is 11.5. The molecule has 24 heavy (non-hydrogen) atoms. The molecule has 1 aliphatic heterocycles. The molecule has 0 unspecified atom stereocenters. The number of carbonyl (C=O) groups is 1. The van der Waals surface area contributed by atoms with Gasteiger partial charge in [0.05, 0.1) is 18.6 Å². The van der Waals surface area contributed by atoms with Crippen LogP contribution < -0.4 is 4.74 Å². The summed E-state index contributed by atoms with van der Waals surface area (Å²) in [7, 11) is 5.43. The SMILES string of the molecule is COc1ccc2c(c1O)[C@H]1C(=O)CC[C@H]3[C@H](C2)N(C)CC[C@]13OC. The number of hydrogen-bond donors (Lipinski definition) is 1. The van der Waals surface area contributed by atoms with Crippen molar-refractivity contribution in [1.29, 1.82) is 0 Å². The number of methoxy groups -OCH3 is 2. The number of Topliss-reactive ketones (excluding diaryl/α,β-unsaturated/α-hetero) is 1. The molecule has 0 radical (unpaired) electrons. The highest BCUT2D eigenvalue weighted by molar-refractivity contribution is 5.90. The van der Waals surface area contributed by atoms with Gasteiger partial charge in [0.15, 0.2) is 11.5 Å². The Morgan fingerprint density at radius 2 is 2.12 bits per heavy atom. The van der Waals surface area contributed by atoms with E-state index in [4.69, 9.17) is 9.47 Å². The zero-order valence-electron chi connectivity index (χ0n) is 14.5. The molecule has 130 valence electrons. The number of ether oxygens (including phenoxy) is 2. The van der Waals surface area contributed by atoms with Crippen LogP contribution in [0.4, 0.5) is 0 Å². The van der Waals surface area contributed by atoms with Crippen LogP contribution in [0.3, 0.4) is 0 Å². The van der Waals surface area contributed by atoms with Crippen molar-refractivity contribution >= 4 is 5.78 Å². The van der Waals surface area contributed by atoms with Crippen LogP contribution in [0.25, 0.3) is 0 Å². The van der Waals surface area contributed by atoms with Gasteiger partial charge in [-0.05, 0) is 37.9 Å². The molecule has 5 heteroatoms. The standard InChI is InChI=1S/C19H25NO4/c1-20-9-8-19(24-3)12-5-6-14(21)17(19)16-11(10-13(12)20)4-7-15(23-2)18(16)22/h4,7,12-13,17,22H,5-6,8-10H2,1-3H3/t12-,13-,17+,19+/m0/s1. The third-order valence-corrected chi connectivity index (χ3v) is 6.61. The zero-order chi connectivity index (χ0) is 17.1. The van der Waals surface area contributed by atoms with E-state index in [1.165, 1.54) is 0 Å². The Morgan fingerprint density at radius 3 is 2.83 bits per heavy atom. The minimum absolute atomic E-state index is 0.112.